The highest BCUT2D eigenvalue weighted by molar-refractivity contribution is 5.92. The maximum Gasteiger partial charge on any atom is 0.238 e. The number of nitrogens with zero attached hydrogens (tertiary/aromatic N) is 7. The lowest BCUT2D eigenvalue weighted by atomic mass is 10.2. The third-order valence-corrected chi connectivity index (χ3v) is 4.76. The molecule has 0 aliphatic heterocycles. The van der Waals surface area contributed by atoms with Crippen LogP contribution in [0, 0.1) is 0 Å². The van der Waals surface area contributed by atoms with Crippen molar-refractivity contribution < 1.29 is 9.53 Å². The van der Waals surface area contributed by atoms with E-state index in [4.69, 9.17) is 4.74 Å². The molecule has 0 atom stereocenters. The number of rotatable bonds is 8. The van der Waals surface area contributed by atoms with Crippen molar-refractivity contribution in [3.05, 3.63) is 66.6 Å². The Morgan fingerprint density at radius 3 is 2.73 bits per heavy atom. The quantitative estimate of drug-likeness (QED) is 0.416. The Labute approximate surface area is 190 Å². The Morgan fingerprint density at radius 2 is 1.97 bits per heavy atom. The number of anilines is 1. The second-order valence-corrected chi connectivity index (χ2v) is 7.57. The summed E-state index contributed by atoms with van der Waals surface area (Å²) in [7, 11) is 5.32. The fraction of sp³-hybridized carbons (Fsp3) is 0.217. The number of hydrogen-bond acceptors (Lipinski definition) is 8. The van der Waals surface area contributed by atoms with E-state index >= 15 is 0 Å². The number of benzene rings is 2. The average molecular weight is 444 g/mol. The Bertz CT molecular complexity index is 1280. The van der Waals surface area contributed by atoms with Crippen molar-refractivity contribution >= 4 is 28.4 Å². The molecule has 0 saturated heterocycles. The van der Waals surface area contributed by atoms with Crippen molar-refractivity contribution in [1.29, 1.82) is 0 Å². The summed E-state index contributed by atoms with van der Waals surface area (Å²) in [6.45, 7) is 0.708. The second-order valence-electron chi connectivity index (χ2n) is 7.57. The molecule has 2 aromatic heterocycles. The number of nitrogens with one attached hydrogen (secondary N) is 1. The third kappa shape index (κ3) is 5.36. The van der Waals surface area contributed by atoms with Crippen LogP contribution in [0.2, 0.25) is 0 Å². The molecule has 4 aromatic rings. The van der Waals surface area contributed by atoms with E-state index in [1.807, 2.05) is 67.5 Å². The maximum atomic E-state index is 11.9. The summed E-state index contributed by atoms with van der Waals surface area (Å²) in [6, 6.07) is 15.1. The molecule has 10 nitrogen and oxygen atoms in total. The molecule has 1 amide bonds. The van der Waals surface area contributed by atoms with Gasteiger partial charge in [0.05, 0.1) is 37.5 Å². The number of amides is 1. The van der Waals surface area contributed by atoms with E-state index in [1.54, 1.807) is 18.0 Å². The van der Waals surface area contributed by atoms with E-state index in [-0.39, 0.29) is 5.91 Å². The summed E-state index contributed by atoms with van der Waals surface area (Å²) in [4.78, 5) is 22.3. The number of aromatic nitrogens is 4. The minimum atomic E-state index is -0.0605. The summed E-state index contributed by atoms with van der Waals surface area (Å²) in [5, 5.41) is 16.6. The first kappa shape index (κ1) is 22.0. The Hall–Kier alpha value is -4.18. The Kier molecular flexibility index (Phi) is 6.65. The van der Waals surface area contributed by atoms with Gasteiger partial charge in [0, 0.05) is 11.8 Å². The average Bonchev–Trinajstić information content (AvgIpc) is 3.25. The van der Waals surface area contributed by atoms with Gasteiger partial charge >= 0.3 is 0 Å². The van der Waals surface area contributed by atoms with Crippen LogP contribution in [0.1, 0.15) is 5.56 Å². The van der Waals surface area contributed by atoms with Crippen LogP contribution in [-0.2, 0) is 11.3 Å². The minimum Gasteiger partial charge on any atom is -0.497 e. The molecule has 0 saturated carbocycles. The first-order valence-corrected chi connectivity index (χ1v) is 10.3. The molecule has 0 fully saturated rings. The van der Waals surface area contributed by atoms with Gasteiger partial charge in [0.25, 0.3) is 0 Å². The molecule has 0 radical (unpaired) electrons. The van der Waals surface area contributed by atoms with Crippen LogP contribution in [0.3, 0.4) is 0 Å². The van der Waals surface area contributed by atoms with Gasteiger partial charge in [-0.3, -0.25) is 4.79 Å². The van der Waals surface area contributed by atoms with Gasteiger partial charge in [-0.1, -0.05) is 18.2 Å². The first-order valence-electron chi connectivity index (χ1n) is 10.3. The van der Waals surface area contributed by atoms with Gasteiger partial charge in [-0.15, -0.1) is 5.11 Å². The second kappa shape index (κ2) is 9.96. The van der Waals surface area contributed by atoms with Crippen molar-refractivity contribution in [3.63, 3.8) is 0 Å². The lowest BCUT2D eigenvalue weighted by Crippen LogP contribution is -2.27. The van der Waals surface area contributed by atoms with E-state index in [1.165, 1.54) is 6.33 Å². The predicted octanol–water partition coefficient (Wildman–Crippen LogP) is 3.61. The van der Waals surface area contributed by atoms with Gasteiger partial charge in [0.15, 0.2) is 11.5 Å². The zero-order valence-corrected chi connectivity index (χ0v) is 18.6. The van der Waals surface area contributed by atoms with Crippen molar-refractivity contribution in [2.45, 2.75) is 6.54 Å². The van der Waals surface area contributed by atoms with Crippen molar-refractivity contribution in [2.24, 2.45) is 10.2 Å². The maximum absolute atomic E-state index is 11.9. The van der Waals surface area contributed by atoms with E-state index in [0.29, 0.717) is 29.9 Å². The molecular formula is C23H24N8O2. The fourth-order valence-corrected chi connectivity index (χ4v) is 3.21. The van der Waals surface area contributed by atoms with Gasteiger partial charge in [-0.05, 0) is 43.9 Å². The molecular weight excluding hydrogens is 420 g/mol. The molecule has 0 bridgehead atoms. The SMILES string of the molecule is COc1cccc(-n2ncc3c(N=NCc4ccc(NC(=O)CN(C)C)cc4)ncnc32)c1. The summed E-state index contributed by atoms with van der Waals surface area (Å²) in [5.74, 6) is 1.12. The number of carbonyl (C=O) groups excluding carboxylic acids is 1. The molecule has 33 heavy (non-hydrogen) atoms. The number of fused-ring (bicyclic) bond motifs is 1. The van der Waals surface area contributed by atoms with Crippen molar-refractivity contribution in [1.82, 2.24) is 24.6 Å². The van der Waals surface area contributed by atoms with Crippen molar-refractivity contribution in [2.75, 3.05) is 33.1 Å². The van der Waals surface area contributed by atoms with Crippen LogP contribution >= 0.6 is 0 Å². The van der Waals surface area contributed by atoms with Crippen LogP contribution in [-0.4, -0.2) is 58.3 Å². The number of azo groups is 1. The van der Waals surface area contributed by atoms with Gasteiger partial charge in [-0.2, -0.15) is 10.2 Å². The highest BCUT2D eigenvalue weighted by Gasteiger charge is 2.11. The van der Waals surface area contributed by atoms with Crippen LogP contribution in [0.25, 0.3) is 16.7 Å². The van der Waals surface area contributed by atoms with Gasteiger partial charge in [0.1, 0.15) is 12.1 Å². The molecule has 2 heterocycles. The number of methoxy groups -OCH3 is 1. The van der Waals surface area contributed by atoms with Crippen LogP contribution in [0.5, 0.6) is 5.75 Å². The molecule has 2 aromatic carbocycles. The Balaban J connectivity index is 1.46. The van der Waals surface area contributed by atoms with Crippen LogP contribution in [0.15, 0.2) is 71.3 Å². The monoisotopic (exact) mass is 444 g/mol. The van der Waals surface area contributed by atoms with Crippen molar-refractivity contribution in [3.8, 4) is 11.4 Å². The summed E-state index contributed by atoms with van der Waals surface area (Å²) >= 11 is 0. The zero-order chi connectivity index (χ0) is 23.2. The summed E-state index contributed by atoms with van der Waals surface area (Å²) in [6.07, 6.45) is 3.12. The highest BCUT2D eigenvalue weighted by Crippen LogP contribution is 2.25. The summed E-state index contributed by atoms with van der Waals surface area (Å²) < 4.78 is 7.01. The molecule has 1 N–H and O–H groups in total. The minimum absolute atomic E-state index is 0.0605. The van der Waals surface area contributed by atoms with E-state index in [2.05, 4.69) is 30.6 Å². The normalized spacial score (nSPS) is 11.4. The van der Waals surface area contributed by atoms with E-state index in [9.17, 15) is 4.79 Å². The number of hydrogen-bond donors (Lipinski definition) is 1. The predicted molar refractivity (Wildman–Crippen MR) is 125 cm³/mol. The first-order chi connectivity index (χ1) is 16.0. The summed E-state index contributed by atoms with van der Waals surface area (Å²) in [5.41, 5.74) is 3.15. The lowest BCUT2D eigenvalue weighted by Gasteiger charge is -2.10. The van der Waals surface area contributed by atoms with Gasteiger partial charge in [0.2, 0.25) is 5.91 Å². The number of likely N-dealkylation sites (N-methyl/N-ethyl adjacent to an activating group) is 1. The molecule has 168 valence electrons. The third-order valence-electron chi connectivity index (χ3n) is 4.76. The fourth-order valence-electron chi connectivity index (χ4n) is 3.21. The van der Waals surface area contributed by atoms with Crippen LogP contribution in [0.4, 0.5) is 11.5 Å². The molecule has 10 heteroatoms. The zero-order valence-electron chi connectivity index (χ0n) is 18.6. The standard InChI is InChI=1S/C23H24N8O2/c1-30(2)14-21(32)28-17-9-7-16(8-10-17)12-26-29-22-20-13-27-31(23(20)25-15-24-22)18-5-4-6-19(11-18)33-3/h4-11,13,15H,12,14H2,1-3H3,(H,28,32). The highest BCUT2D eigenvalue weighted by atomic mass is 16.5. The molecule has 0 unspecified atom stereocenters. The number of carbonyl (C=O) groups is 1. The van der Waals surface area contributed by atoms with Gasteiger partial charge < -0.3 is 15.0 Å². The van der Waals surface area contributed by atoms with Crippen LogP contribution < -0.4 is 10.1 Å². The van der Waals surface area contributed by atoms with E-state index in [0.717, 1.165) is 22.7 Å². The lowest BCUT2D eigenvalue weighted by molar-refractivity contribution is -0.116. The smallest absolute Gasteiger partial charge is 0.238 e. The molecule has 0 spiro atoms. The largest absolute Gasteiger partial charge is 0.497 e. The molecule has 0 aliphatic rings. The topological polar surface area (TPSA) is 110 Å². The molecule has 4 rings (SSSR count). The molecule has 0 aliphatic carbocycles. The van der Waals surface area contributed by atoms with E-state index < -0.39 is 0 Å². The van der Waals surface area contributed by atoms with Gasteiger partial charge in [-0.25, -0.2) is 14.6 Å². The number of ether oxygens (including phenoxy) is 1. The Morgan fingerprint density at radius 1 is 1.15 bits per heavy atom.